The Morgan fingerprint density at radius 1 is 1.32 bits per heavy atom. The van der Waals surface area contributed by atoms with Crippen molar-refractivity contribution in [2.75, 3.05) is 26.2 Å². The highest BCUT2D eigenvalue weighted by Crippen LogP contribution is 2.06. The van der Waals surface area contributed by atoms with Crippen LogP contribution >= 0.6 is 0 Å². The van der Waals surface area contributed by atoms with Crippen molar-refractivity contribution in [3.63, 3.8) is 0 Å². The van der Waals surface area contributed by atoms with Crippen LogP contribution < -0.4 is 16.0 Å². The van der Waals surface area contributed by atoms with Crippen molar-refractivity contribution in [2.24, 2.45) is 4.99 Å². The molecule has 0 aliphatic carbocycles. The molecule has 0 aromatic carbocycles. The van der Waals surface area contributed by atoms with Crippen LogP contribution in [-0.4, -0.2) is 43.8 Å². The molecule has 1 amide bonds. The predicted octanol–water partition coefficient (Wildman–Crippen LogP) is 2.46. The van der Waals surface area contributed by atoms with E-state index in [1.807, 2.05) is 32.9 Å². The van der Waals surface area contributed by atoms with Gasteiger partial charge < -0.3 is 25.1 Å². The molecule has 0 radical (unpaired) electrons. The number of carbonyl (C=O) groups excluding carboxylic acids is 1. The second-order valence-electron chi connectivity index (χ2n) is 6.44. The third-order valence-corrected chi connectivity index (χ3v) is 2.93. The summed E-state index contributed by atoms with van der Waals surface area (Å²) in [6.07, 6.45) is 4.53. The van der Waals surface area contributed by atoms with Gasteiger partial charge in [-0.3, -0.25) is 4.99 Å². The van der Waals surface area contributed by atoms with E-state index < -0.39 is 11.7 Å². The van der Waals surface area contributed by atoms with Gasteiger partial charge in [0, 0.05) is 32.6 Å². The summed E-state index contributed by atoms with van der Waals surface area (Å²) in [5, 5.41) is 9.12. The molecule has 140 valence electrons. The summed E-state index contributed by atoms with van der Waals surface area (Å²) in [5.74, 6) is 1.64. The molecule has 0 fully saturated rings. The first-order valence-electron chi connectivity index (χ1n) is 8.53. The normalized spacial score (nSPS) is 11.7. The zero-order chi connectivity index (χ0) is 18.5. The second-order valence-corrected chi connectivity index (χ2v) is 6.44. The molecule has 1 aromatic rings. The van der Waals surface area contributed by atoms with Gasteiger partial charge in [-0.2, -0.15) is 0 Å². The maximum absolute atomic E-state index is 11.5. The minimum absolute atomic E-state index is 0.405. The van der Waals surface area contributed by atoms with Crippen molar-refractivity contribution < 1.29 is 13.9 Å². The van der Waals surface area contributed by atoms with E-state index in [9.17, 15) is 4.79 Å². The fourth-order valence-corrected chi connectivity index (χ4v) is 1.88. The lowest BCUT2D eigenvalue weighted by atomic mass is 10.2. The third kappa shape index (κ3) is 10.9. The molecule has 0 saturated heterocycles. The van der Waals surface area contributed by atoms with Gasteiger partial charge in [-0.25, -0.2) is 4.79 Å². The zero-order valence-corrected chi connectivity index (χ0v) is 15.4. The Labute approximate surface area is 149 Å². The molecule has 1 heterocycles. The summed E-state index contributed by atoms with van der Waals surface area (Å²) >= 11 is 0. The number of amides is 1. The van der Waals surface area contributed by atoms with Gasteiger partial charge in [0.05, 0.1) is 6.26 Å². The van der Waals surface area contributed by atoms with Gasteiger partial charge in [-0.1, -0.05) is 6.08 Å². The lowest BCUT2D eigenvalue weighted by Gasteiger charge is -2.19. The summed E-state index contributed by atoms with van der Waals surface area (Å²) in [5.41, 5.74) is -0.484. The molecule has 0 aliphatic rings. The monoisotopic (exact) mass is 350 g/mol. The molecule has 1 rings (SSSR count). The molecule has 3 N–H and O–H groups in total. The molecule has 0 bridgehead atoms. The highest BCUT2D eigenvalue weighted by atomic mass is 16.6. The average Bonchev–Trinajstić information content (AvgIpc) is 3.03. The quantitative estimate of drug-likeness (QED) is 0.276. The van der Waals surface area contributed by atoms with Crippen molar-refractivity contribution >= 4 is 12.1 Å². The highest BCUT2D eigenvalue weighted by Gasteiger charge is 2.15. The number of guanidine groups is 1. The Hall–Kier alpha value is -2.44. The first-order chi connectivity index (χ1) is 11.9. The number of nitrogens with zero attached hydrogens (tertiary/aromatic N) is 1. The summed E-state index contributed by atoms with van der Waals surface area (Å²) in [4.78, 5) is 16.0. The molecule has 0 unspecified atom stereocenters. The number of nitrogens with one attached hydrogen (secondary N) is 3. The van der Waals surface area contributed by atoms with Gasteiger partial charge in [-0.15, -0.1) is 6.58 Å². The number of hydrogen-bond donors (Lipinski definition) is 3. The van der Waals surface area contributed by atoms with Crippen LogP contribution in [0.15, 0.2) is 40.5 Å². The first-order valence-corrected chi connectivity index (χ1v) is 8.53. The third-order valence-electron chi connectivity index (χ3n) is 2.93. The Morgan fingerprint density at radius 2 is 2.12 bits per heavy atom. The molecule has 0 atom stereocenters. The van der Waals surface area contributed by atoms with E-state index in [1.54, 1.807) is 12.3 Å². The van der Waals surface area contributed by atoms with Crippen LogP contribution in [0, 0.1) is 0 Å². The smallest absolute Gasteiger partial charge is 0.407 e. The van der Waals surface area contributed by atoms with Gasteiger partial charge in [0.25, 0.3) is 0 Å². The largest absolute Gasteiger partial charge is 0.469 e. The number of furan rings is 1. The lowest BCUT2D eigenvalue weighted by Crippen LogP contribution is -2.38. The number of rotatable bonds is 9. The van der Waals surface area contributed by atoms with E-state index >= 15 is 0 Å². The minimum Gasteiger partial charge on any atom is -0.469 e. The fourth-order valence-electron chi connectivity index (χ4n) is 1.88. The molecule has 7 heteroatoms. The summed E-state index contributed by atoms with van der Waals surface area (Å²) < 4.78 is 10.5. The number of aliphatic imine (C=N–C) groups is 1. The Kier molecular flexibility index (Phi) is 9.21. The first kappa shape index (κ1) is 20.6. The molecule has 7 nitrogen and oxygen atoms in total. The Bertz CT molecular complexity index is 533. The number of hydrogen-bond acceptors (Lipinski definition) is 4. The van der Waals surface area contributed by atoms with Crippen molar-refractivity contribution in [1.82, 2.24) is 16.0 Å². The van der Waals surface area contributed by atoms with E-state index in [-0.39, 0.29) is 0 Å². The van der Waals surface area contributed by atoms with Crippen LogP contribution in [0.5, 0.6) is 0 Å². The van der Waals surface area contributed by atoms with Crippen molar-refractivity contribution in [1.29, 1.82) is 0 Å². The summed E-state index contributed by atoms with van der Waals surface area (Å²) in [6, 6.07) is 3.82. The maximum atomic E-state index is 11.5. The maximum Gasteiger partial charge on any atom is 0.407 e. The van der Waals surface area contributed by atoms with Gasteiger partial charge in [-0.05, 0) is 39.3 Å². The van der Waals surface area contributed by atoms with Crippen molar-refractivity contribution in [3.05, 3.63) is 36.8 Å². The number of alkyl carbamates (subject to hydrolysis) is 1. The van der Waals surface area contributed by atoms with Gasteiger partial charge in [0.15, 0.2) is 5.96 Å². The summed E-state index contributed by atoms with van der Waals surface area (Å²) in [7, 11) is 0. The standard InChI is InChI=1S/C18H30N4O3/c1-5-10-19-16(21-13-9-15-8-6-14-24-15)20-11-7-12-22-17(23)25-18(2,3)4/h5-6,8,14H,1,7,9-13H2,2-4H3,(H,22,23)(H2,19,20,21). The Balaban J connectivity index is 2.27. The minimum atomic E-state index is -0.484. The molecule has 0 aliphatic heterocycles. The molecular weight excluding hydrogens is 320 g/mol. The number of ether oxygens (including phenoxy) is 1. The highest BCUT2D eigenvalue weighted by molar-refractivity contribution is 5.79. The van der Waals surface area contributed by atoms with E-state index in [2.05, 4.69) is 27.5 Å². The molecule has 1 aromatic heterocycles. The second kappa shape index (κ2) is 11.2. The molecular formula is C18H30N4O3. The van der Waals surface area contributed by atoms with Crippen LogP contribution in [0.25, 0.3) is 0 Å². The van der Waals surface area contributed by atoms with E-state index in [0.29, 0.717) is 32.1 Å². The summed E-state index contributed by atoms with van der Waals surface area (Å²) in [6.45, 7) is 11.6. The topological polar surface area (TPSA) is 87.9 Å². The average molecular weight is 350 g/mol. The molecule has 0 saturated carbocycles. The molecule has 0 spiro atoms. The van der Waals surface area contributed by atoms with Gasteiger partial charge >= 0.3 is 6.09 Å². The zero-order valence-electron chi connectivity index (χ0n) is 15.4. The van der Waals surface area contributed by atoms with Crippen LogP contribution in [-0.2, 0) is 11.2 Å². The predicted molar refractivity (Wildman–Crippen MR) is 99.8 cm³/mol. The van der Waals surface area contributed by atoms with Crippen molar-refractivity contribution in [2.45, 2.75) is 39.2 Å². The van der Waals surface area contributed by atoms with Crippen LogP contribution in [0.1, 0.15) is 33.0 Å². The van der Waals surface area contributed by atoms with Crippen LogP contribution in [0.3, 0.4) is 0 Å². The fraction of sp³-hybridized carbons (Fsp3) is 0.556. The van der Waals surface area contributed by atoms with E-state index in [1.165, 1.54) is 0 Å². The van der Waals surface area contributed by atoms with Crippen molar-refractivity contribution in [3.8, 4) is 0 Å². The van der Waals surface area contributed by atoms with Crippen LogP contribution in [0.2, 0.25) is 0 Å². The van der Waals surface area contributed by atoms with Gasteiger partial charge in [0.1, 0.15) is 11.4 Å². The Morgan fingerprint density at radius 3 is 2.76 bits per heavy atom. The molecule has 25 heavy (non-hydrogen) atoms. The van der Waals surface area contributed by atoms with E-state index in [4.69, 9.17) is 9.15 Å². The van der Waals surface area contributed by atoms with E-state index in [0.717, 1.165) is 18.6 Å². The SMILES string of the molecule is C=CCNC(=NCCCNC(=O)OC(C)(C)C)NCCc1ccco1. The number of carbonyl (C=O) groups is 1. The lowest BCUT2D eigenvalue weighted by molar-refractivity contribution is 0.0527. The van der Waals surface area contributed by atoms with Gasteiger partial charge in [0.2, 0.25) is 0 Å². The van der Waals surface area contributed by atoms with Crippen LogP contribution in [0.4, 0.5) is 4.79 Å².